The molecule has 170 valence electrons. The van der Waals surface area contributed by atoms with Gasteiger partial charge in [-0.05, 0) is 30.6 Å². The van der Waals surface area contributed by atoms with Crippen LogP contribution in [0.1, 0.15) is 31.5 Å². The van der Waals surface area contributed by atoms with Crippen LogP contribution in [0.4, 0.5) is 27.8 Å². The number of nitrogens with zero attached hydrogens (tertiary/aromatic N) is 4. The zero-order valence-electron chi connectivity index (χ0n) is 17.2. The monoisotopic (exact) mass is 453 g/mol. The van der Waals surface area contributed by atoms with E-state index in [0.29, 0.717) is 22.9 Å². The van der Waals surface area contributed by atoms with Crippen molar-refractivity contribution in [3.05, 3.63) is 41.9 Å². The molecule has 1 unspecified atom stereocenters. The molecule has 2 heterocycles. The van der Waals surface area contributed by atoms with Crippen molar-refractivity contribution < 1.29 is 26.7 Å². The summed E-state index contributed by atoms with van der Waals surface area (Å²) < 4.78 is 68.5. The van der Waals surface area contributed by atoms with Crippen molar-refractivity contribution in [1.82, 2.24) is 19.3 Å². The van der Waals surface area contributed by atoms with Crippen LogP contribution in [0.15, 0.2) is 24.5 Å². The lowest BCUT2D eigenvalue weighted by atomic mass is 9.96. The molecule has 0 saturated heterocycles. The molecule has 5 atom stereocenters. The number of alkyl halides is 3. The van der Waals surface area contributed by atoms with Crippen molar-refractivity contribution in [1.29, 1.82) is 0 Å². The highest BCUT2D eigenvalue weighted by atomic mass is 19.4. The van der Waals surface area contributed by atoms with Crippen molar-refractivity contribution >= 4 is 22.8 Å². The summed E-state index contributed by atoms with van der Waals surface area (Å²) in [6.45, 7) is 1.78. The normalized spacial score (nSPS) is 25.7. The SMILES string of the molecule is CC(C(=O)Nc1cc(C(F)(F)F)nn1C)[C@H]1[C@@H]2C[C@@H](n3cnc4cc(F)c(F)cc43)C[C@@H]21. The van der Waals surface area contributed by atoms with E-state index in [1.165, 1.54) is 7.05 Å². The van der Waals surface area contributed by atoms with Gasteiger partial charge in [0.2, 0.25) is 5.91 Å². The van der Waals surface area contributed by atoms with Crippen LogP contribution in [0.3, 0.4) is 0 Å². The molecule has 2 aliphatic carbocycles. The lowest BCUT2D eigenvalue weighted by Gasteiger charge is -2.19. The molecule has 1 aromatic carbocycles. The van der Waals surface area contributed by atoms with Gasteiger partial charge in [0.05, 0.1) is 17.4 Å². The number of aromatic nitrogens is 4. The summed E-state index contributed by atoms with van der Waals surface area (Å²) >= 11 is 0. The fourth-order valence-corrected chi connectivity index (χ4v) is 5.28. The van der Waals surface area contributed by atoms with Crippen molar-refractivity contribution in [2.45, 2.75) is 32.0 Å². The van der Waals surface area contributed by atoms with Crippen LogP contribution in [0.25, 0.3) is 11.0 Å². The average molecular weight is 453 g/mol. The predicted molar refractivity (Wildman–Crippen MR) is 104 cm³/mol. The Balaban J connectivity index is 1.24. The zero-order chi connectivity index (χ0) is 22.9. The fraction of sp³-hybridized carbons (Fsp3) is 0.476. The second-order valence-electron chi connectivity index (χ2n) is 8.75. The number of fused-ring (bicyclic) bond motifs is 2. The number of hydrogen-bond donors (Lipinski definition) is 1. The molecule has 0 aliphatic heterocycles. The van der Waals surface area contributed by atoms with Crippen molar-refractivity contribution in [3.63, 3.8) is 0 Å². The van der Waals surface area contributed by atoms with Crippen LogP contribution in [-0.2, 0) is 18.0 Å². The van der Waals surface area contributed by atoms with Crippen molar-refractivity contribution in [2.24, 2.45) is 30.7 Å². The summed E-state index contributed by atoms with van der Waals surface area (Å²) in [5.74, 6) is -1.87. The molecule has 2 fully saturated rings. The average Bonchev–Trinajstić information content (AvgIpc) is 3.08. The highest BCUT2D eigenvalue weighted by molar-refractivity contribution is 5.92. The van der Waals surface area contributed by atoms with Gasteiger partial charge in [-0.25, -0.2) is 13.8 Å². The van der Waals surface area contributed by atoms with Gasteiger partial charge in [-0.3, -0.25) is 9.48 Å². The van der Waals surface area contributed by atoms with Crippen LogP contribution in [0.5, 0.6) is 0 Å². The molecule has 1 N–H and O–H groups in total. The Morgan fingerprint density at radius 2 is 1.81 bits per heavy atom. The standard InChI is InChI=1S/C21H20F5N5O/c1-9(20(32)28-18-7-17(21(24,25)26)29-30(18)2)19-11-3-10(4-12(11)19)31-8-27-15-5-13(22)14(23)6-16(15)31/h5-12,19H,3-4H2,1-2H3,(H,28,32)/t9?,10-,11-,12+,19+. The predicted octanol–water partition coefficient (Wildman–Crippen LogP) is 4.54. The largest absolute Gasteiger partial charge is 0.435 e. The smallest absolute Gasteiger partial charge is 0.327 e. The van der Waals surface area contributed by atoms with Crippen LogP contribution in [-0.4, -0.2) is 25.2 Å². The number of benzene rings is 1. The Hall–Kier alpha value is -2.98. The van der Waals surface area contributed by atoms with Crippen LogP contribution < -0.4 is 5.32 Å². The van der Waals surface area contributed by atoms with Gasteiger partial charge < -0.3 is 9.88 Å². The van der Waals surface area contributed by atoms with Gasteiger partial charge in [0.1, 0.15) is 5.82 Å². The van der Waals surface area contributed by atoms with E-state index in [1.807, 2.05) is 4.57 Å². The third kappa shape index (κ3) is 3.34. The third-order valence-corrected chi connectivity index (χ3v) is 6.91. The lowest BCUT2D eigenvalue weighted by molar-refractivity contribution is -0.141. The highest BCUT2D eigenvalue weighted by Crippen LogP contribution is 2.64. The molecule has 11 heteroatoms. The summed E-state index contributed by atoms with van der Waals surface area (Å²) in [6.07, 6.45) is -1.44. The summed E-state index contributed by atoms with van der Waals surface area (Å²) in [5, 5.41) is 5.96. The van der Waals surface area contributed by atoms with Gasteiger partial charge in [0.25, 0.3) is 0 Å². The van der Waals surface area contributed by atoms with E-state index in [-0.39, 0.29) is 29.6 Å². The number of carbonyl (C=O) groups is 1. The molecule has 2 saturated carbocycles. The number of aryl methyl sites for hydroxylation is 1. The molecule has 0 spiro atoms. The maximum Gasteiger partial charge on any atom is 0.435 e. The molecule has 0 bridgehead atoms. The Kier molecular flexibility index (Phi) is 4.58. The molecule has 0 radical (unpaired) electrons. The van der Waals surface area contributed by atoms with Gasteiger partial charge in [0, 0.05) is 37.2 Å². The van der Waals surface area contributed by atoms with Crippen LogP contribution in [0.2, 0.25) is 0 Å². The summed E-state index contributed by atoms with van der Waals surface area (Å²) in [6, 6.07) is 3.13. The Morgan fingerprint density at radius 3 is 2.44 bits per heavy atom. The van der Waals surface area contributed by atoms with E-state index in [0.717, 1.165) is 35.7 Å². The maximum atomic E-state index is 13.7. The number of anilines is 1. The number of hydrogen-bond acceptors (Lipinski definition) is 3. The number of carbonyl (C=O) groups excluding carboxylic acids is 1. The number of rotatable bonds is 4. The molecule has 1 amide bonds. The van der Waals surface area contributed by atoms with Crippen molar-refractivity contribution in [2.75, 3.05) is 5.32 Å². The van der Waals surface area contributed by atoms with Gasteiger partial charge >= 0.3 is 6.18 Å². The first-order valence-electron chi connectivity index (χ1n) is 10.3. The van der Waals surface area contributed by atoms with E-state index in [2.05, 4.69) is 15.4 Å². The quantitative estimate of drug-likeness (QED) is 0.590. The number of amides is 1. The van der Waals surface area contributed by atoms with Gasteiger partial charge in [-0.2, -0.15) is 18.3 Å². The van der Waals surface area contributed by atoms with Gasteiger partial charge in [-0.1, -0.05) is 6.92 Å². The first kappa shape index (κ1) is 20.9. The topological polar surface area (TPSA) is 64.7 Å². The molecule has 5 rings (SSSR count). The van der Waals surface area contributed by atoms with E-state index in [1.54, 1.807) is 13.3 Å². The first-order chi connectivity index (χ1) is 15.0. The molecule has 32 heavy (non-hydrogen) atoms. The summed E-state index contributed by atoms with van der Waals surface area (Å²) in [5.41, 5.74) is -0.129. The zero-order valence-corrected chi connectivity index (χ0v) is 17.2. The number of halogens is 5. The highest BCUT2D eigenvalue weighted by Gasteiger charge is 2.59. The molecule has 2 aromatic heterocycles. The number of imidazole rings is 1. The van der Waals surface area contributed by atoms with E-state index in [9.17, 15) is 26.7 Å². The minimum atomic E-state index is -4.58. The van der Waals surface area contributed by atoms with Gasteiger partial charge in [0.15, 0.2) is 17.3 Å². The maximum absolute atomic E-state index is 13.7. The molecule has 3 aromatic rings. The first-order valence-corrected chi connectivity index (χ1v) is 10.3. The molecule has 2 aliphatic rings. The Morgan fingerprint density at radius 1 is 1.16 bits per heavy atom. The third-order valence-electron chi connectivity index (χ3n) is 6.91. The summed E-state index contributed by atoms with van der Waals surface area (Å²) in [4.78, 5) is 16.8. The molecular weight excluding hydrogens is 433 g/mol. The second-order valence-corrected chi connectivity index (χ2v) is 8.75. The van der Waals surface area contributed by atoms with Crippen LogP contribution in [0, 0.1) is 35.3 Å². The Bertz CT molecular complexity index is 1200. The minimum absolute atomic E-state index is 0.00277. The lowest BCUT2D eigenvalue weighted by Crippen LogP contribution is -2.25. The van der Waals surface area contributed by atoms with E-state index in [4.69, 9.17) is 0 Å². The van der Waals surface area contributed by atoms with Crippen LogP contribution >= 0.6 is 0 Å². The second kappa shape index (κ2) is 7.01. The minimum Gasteiger partial charge on any atom is -0.327 e. The number of nitrogens with one attached hydrogen (secondary N) is 1. The molecular formula is C21H20F5N5O. The molecule has 6 nitrogen and oxygen atoms in total. The van der Waals surface area contributed by atoms with E-state index < -0.39 is 23.5 Å². The van der Waals surface area contributed by atoms with Gasteiger partial charge in [-0.15, -0.1) is 0 Å². The Labute approximate surface area is 179 Å². The van der Waals surface area contributed by atoms with E-state index >= 15 is 0 Å². The van der Waals surface area contributed by atoms with Crippen molar-refractivity contribution in [3.8, 4) is 0 Å². The summed E-state index contributed by atoms with van der Waals surface area (Å²) in [7, 11) is 1.34. The fourth-order valence-electron chi connectivity index (χ4n) is 5.28.